The molecule has 0 aliphatic carbocycles. The molecule has 3 heteroatoms. The molecule has 15 heavy (non-hydrogen) atoms. The van der Waals surface area contributed by atoms with Crippen molar-refractivity contribution in [3.8, 4) is 5.75 Å². The average molecular weight is 221 g/mol. The molecule has 0 amide bonds. The summed E-state index contributed by atoms with van der Waals surface area (Å²) in [6, 6.07) is 13.5. The molecule has 0 fully saturated rings. The Balaban J connectivity index is 2.38. The van der Waals surface area contributed by atoms with Crippen LogP contribution in [0.4, 0.5) is 0 Å². The van der Waals surface area contributed by atoms with Crippen LogP contribution in [-0.4, -0.2) is 11.8 Å². The molecule has 0 spiro atoms. The molecule has 0 aliphatic heterocycles. The number of benzene rings is 2. The number of rotatable bonds is 3. The van der Waals surface area contributed by atoms with Crippen LogP contribution in [-0.2, 0) is 4.79 Å². The summed E-state index contributed by atoms with van der Waals surface area (Å²) >= 11 is 5.21. The summed E-state index contributed by atoms with van der Waals surface area (Å²) in [5, 5.41) is 1.57. The largest absolute Gasteiger partial charge is 0.484 e. The summed E-state index contributed by atoms with van der Waals surface area (Å²) in [6.07, 6.45) is 0. The van der Waals surface area contributed by atoms with Crippen LogP contribution >= 0.6 is 11.6 Å². The summed E-state index contributed by atoms with van der Waals surface area (Å²) in [5.41, 5.74) is 0. The number of carbonyl (C=O) groups is 1. The lowest BCUT2D eigenvalue weighted by atomic mass is 10.1. The van der Waals surface area contributed by atoms with E-state index in [1.807, 2.05) is 42.5 Å². The maximum absolute atomic E-state index is 10.6. The van der Waals surface area contributed by atoms with Crippen molar-refractivity contribution in [3.63, 3.8) is 0 Å². The van der Waals surface area contributed by atoms with Crippen LogP contribution in [0.1, 0.15) is 0 Å². The Kier molecular flexibility index (Phi) is 2.88. The first kappa shape index (κ1) is 9.99. The molecule has 0 saturated carbocycles. The molecule has 0 unspecified atom stereocenters. The number of ether oxygens (including phenoxy) is 1. The molecule has 0 N–H and O–H groups in total. The van der Waals surface area contributed by atoms with E-state index in [-0.39, 0.29) is 6.61 Å². The number of halogens is 1. The van der Waals surface area contributed by atoms with Gasteiger partial charge >= 0.3 is 0 Å². The van der Waals surface area contributed by atoms with Gasteiger partial charge in [-0.3, -0.25) is 4.79 Å². The van der Waals surface area contributed by atoms with Gasteiger partial charge in [-0.1, -0.05) is 36.4 Å². The first-order chi connectivity index (χ1) is 7.27. The molecular formula is C12H9ClO2. The lowest BCUT2D eigenvalue weighted by Gasteiger charge is -2.06. The van der Waals surface area contributed by atoms with Gasteiger partial charge in [0.15, 0.2) is 6.61 Å². The molecule has 0 radical (unpaired) electrons. The molecule has 0 aromatic heterocycles. The van der Waals surface area contributed by atoms with Gasteiger partial charge in [0.25, 0.3) is 5.24 Å². The van der Waals surface area contributed by atoms with E-state index in [0.29, 0.717) is 5.75 Å². The van der Waals surface area contributed by atoms with Crippen molar-refractivity contribution < 1.29 is 9.53 Å². The SMILES string of the molecule is O=C(Cl)COc1cccc2ccccc12. The highest BCUT2D eigenvalue weighted by atomic mass is 35.5. The lowest BCUT2D eigenvalue weighted by Crippen LogP contribution is -2.04. The highest BCUT2D eigenvalue weighted by Crippen LogP contribution is 2.24. The van der Waals surface area contributed by atoms with Crippen molar-refractivity contribution in [1.29, 1.82) is 0 Å². The van der Waals surface area contributed by atoms with Crippen molar-refractivity contribution in [2.75, 3.05) is 6.61 Å². The molecule has 2 rings (SSSR count). The molecule has 2 nitrogen and oxygen atoms in total. The zero-order valence-electron chi connectivity index (χ0n) is 7.94. The summed E-state index contributed by atoms with van der Waals surface area (Å²) in [4.78, 5) is 10.6. The number of fused-ring (bicyclic) bond motifs is 1. The van der Waals surface area contributed by atoms with Crippen molar-refractivity contribution >= 4 is 27.6 Å². The Morgan fingerprint density at radius 2 is 1.87 bits per heavy atom. The van der Waals surface area contributed by atoms with Crippen LogP contribution in [0.5, 0.6) is 5.75 Å². The minimum absolute atomic E-state index is 0.102. The van der Waals surface area contributed by atoms with E-state index < -0.39 is 5.24 Å². The molecule has 0 aliphatic rings. The van der Waals surface area contributed by atoms with Crippen LogP contribution in [0.2, 0.25) is 0 Å². The highest BCUT2D eigenvalue weighted by molar-refractivity contribution is 6.63. The van der Waals surface area contributed by atoms with Gasteiger partial charge in [0, 0.05) is 5.39 Å². The van der Waals surface area contributed by atoms with Crippen LogP contribution < -0.4 is 4.74 Å². The second-order valence-electron chi connectivity index (χ2n) is 3.12. The standard InChI is InChI=1S/C12H9ClO2/c13-12(14)8-15-11-7-3-5-9-4-1-2-6-10(9)11/h1-7H,8H2. The summed E-state index contributed by atoms with van der Waals surface area (Å²) < 4.78 is 5.30. The topological polar surface area (TPSA) is 26.3 Å². The molecule has 2 aromatic rings. The van der Waals surface area contributed by atoms with Crippen molar-refractivity contribution in [3.05, 3.63) is 42.5 Å². The van der Waals surface area contributed by atoms with E-state index in [2.05, 4.69) is 0 Å². The van der Waals surface area contributed by atoms with E-state index in [9.17, 15) is 4.79 Å². The molecule has 0 saturated heterocycles. The van der Waals surface area contributed by atoms with E-state index in [1.54, 1.807) is 0 Å². The van der Waals surface area contributed by atoms with E-state index in [4.69, 9.17) is 16.3 Å². The number of carbonyl (C=O) groups excluding carboxylic acids is 1. The van der Waals surface area contributed by atoms with Gasteiger partial charge in [0.2, 0.25) is 0 Å². The van der Waals surface area contributed by atoms with E-state index >= 15 is 0 Å². The first-order valence-corrected chi connectivity index (χ1v) is 4.94. The molecule has 0 bridgehead atoms. The fourth-order valence-corrected chi connectivity index (χ4v) is 1.51. The third-order valence-electron chi connectivity index (χ3n) is 2.09. The van der Waals surface area contributed by atoms with Gasteiger partial charge in [0.1, 0.15) is 5.75 Å². The van der Waals surface area contributed by atoms with Gasteiger partial charge in [0.05, 0.1) is 0 Å². The van der Waals surface area contributed by atoms with Crippen LogP contribution in [0, 0.1) is 0 Å². The van der Waals surface area contributed by atoms with Crippen molar-refractivity contribution in [2.45, 2.75) is 0 Å². The van der Waals surface area contributed by atoms with Gasteiger partial charge < -0.3 is 4.74 Å². The quantitative estimate of drug-likeness (QED) is 0.744. The van der Waals surface area contributed by atoms with Gasteiger partial charge in [-0.15, -0.1) is 0 Å². The van der Waals surface area contributed by atoms with Crippen molar-refractivity contribution in [2.24, 2.45) is 0 Å². The number of hydrogen-bond donors (Lipinski definition) is 0. The minimum atomic E-state index is -0.497. The van der Waals surface area contributed by atoms with Crippen LogP contribution in [0.25, 0.3) is 10.8 Å². The fourth-order valence-electron chi connectivity index (χ4n) is 1.46. The molecular weight excluding hydrogens is 212 g/mol. The maximum atomic E-state index is 10.6. The smallest absolute Gasteiger partial charge is 0.259 e. The third-order valence-corrected chi connectivity index (χ3v) is 2.20. The van der Waals surface area contributed by atoms with Crippen LogP contribution in [0.3, 0.4) is 0 Å². The Hall–Kier alpha value is -1.54. The van der Waals surface area contributed by atoms with Crippen LogP contribution in [0.15, 0.2) is 42.5 Å². The summed E-state index contributed by atoms with van der Waals surface area (Å²) in [7, 11) is 0. The summed E-state index contributed by atoms with van der Waals surface area (Å²) in [6.45, 7) is -0.102. The lowest BCUT2D eigenvalue weighted by molar-refractivity contribution is -0.113. The molecule has 2 aromatic carbocycles. The Morgan fingerprint density at radius 1 is 1.13 bits per heavy atom. The van der Waals surface area contributed by atoms with E-state index in [0.717, 1.165) is 10.8 Å². The van der Waals surface area contributed by atoms with Crippen molar-refractivity contribution in [1.82, 2.24) is 0 Å². The normalized spacial score (nSPS) is 10.2. The monoisotopic (exact) mass is 220 g/mol. The van der Waals surface area contributed by atoms with Gasteiger partial charge in [-0.2, -0.15) is 0 Å². The average Bonchev–Trinajstić information content (AvgIpc) is 2.26. The minimum Gasteiger partial charge on any atom is -0.484 e. The predicted molar refractivity (Wildman–Crippen MR) is 60.3 cm³/mol. The maximum Gasteiger partial charge on any atom is 0.259 e. The second-order valence-corrected chi connectivity index (χ2v) is 3.54. The Morgan fingerprint density at radius 3 is 2.67 bits per heavy atom. The Bertz CT molecular complexity index is 488. The fraction of sp³-hybridized carbons (Fsp3) is 0.0833. The molecule has 0 heterocycles. The first-order valence-electron chi connectivity index (χ1n) is 4.56. The zero-order chi connectivity index (χ0) is 10.7. The van der Waals surface area contributed by atoms with E-state index in [1.165, 1.54) is 0 Å². The number of hydrogen-bond acceptors (Lipinski definition) is 2. The van der Waals surface area contributed by atoms with Gasteiger partial charge in [-0.05, 0) is 23.1 Å². The Labute approximate surface area is 92.4 Å². The third kappa shape index (κ3) is 2.28. The molecule has 0 atom stereocenters. The van der Waals surface area contributed by atoms with Gasteiger partial charge in [-0.25, -0.2) is 0 Å². The second kappa shape index (κ2) is 4.32. The molecule has 76 valence electrons. The predicted octanol–water partition coefficient (Wildman–Crippen LogP) is 2.98. The zero-order valence-corrected chi connectivity index (χ0v) is 8.70. The summed E-state index contributed by atoms with van der Waals surface area (Å²) in [5.74, 6) is 0.683. The highest BCUT2D eigenvalue weighted by Gasteiger charge is 2.02.